The second-order valence-corrected chi connectivity index (χ2v) is 8.90. The van der Waals surface area contributed by atoms with Crippen LogP contribution < -0.4 is 10.2 Å². The molecular weight excluding hydrogens is 392 g/mol. The first-order valence-electron chi connectivity index (χ1n) is 9.37. The van der Waals surface area contributed by atoms with Crippen molar-refractivity contribution in [3.8, 4) is 6.07 Å². The molecule has 2 aliphatic rings. The van der Waals surface area contributed by atoms with Crippen LogP contribution in [0.1, 0.15) is 29.5 Å². The Hall–Kier alpha value is -2.15. The second kappa shape index (κ2) is 8.47. The highest BCUT2D eigenvalue weighted by atomic mass is 32.2. The van der Waals surface area contributed by atoms with E-state index < -0.39 is 0 Å². The quantitative estimate of drug-likeness (QED) is 0.753. The number of thioether (sulfide) groups is 1. The van der Waals surface area contributed by atoms with Gasteiger partial charge in [-0.1, -0.05) is 11.8 Å². The summed E-state index contributed by atoms with van der Waals surface area (Å²) >= 11 is 2.73. The molecule has 28 heavy (non-hydrogen) atoms. The molecule has 1 N–H and O–H groups in total. The Balaban J connectivity index is 1.61. The van der Waals surface area contributed by atoms with Gasteiger partial charge in [0.25, 0.3) is 0 Å². The molecule has 1 saturated heterocycles. The summed E-state index contributed by atoms with van der Waals surface area (Å²) in [4.78, 5) is 25.8. The Labute approximate surface area is 172 Å². The van der Waals surface area contributed by atoms with Crippen LogP contribution in [-0.2, 0) is 17.8 Å². The van der Waals surface area contributed by atoms with Gasteiger partial charge in [-0.3, -0.25) is 4.79 Å². The molecule has 0 aromatic carbocycles. The number of thiazole rings is 1. The van der Waals surface area contributed by atoms with Gasteiger partial charge in [0.2, 0.25) is 5.91 Å². The summed E-state index contributed by atoms with van der Waals surface area (Å²) in [5.41, 5.74) is 2.93. The zero-order chi connectivity index (χ0) is 19.5. The lowest BCUT2D eigenvalue weighted by Crippen LogP contribution is -2.31. The number of hydrogen-bond acceptors (Lipinski definition) is 8. The van der Waals surface area contributed by atoms with Crippen molar-refractivity contribution in [2.45, 2.75) is 30.8 Å². The Morgan fingerprint density at radius 2 is 2.18 bits per heavy atom. The molecule has 2 aromatic heterocycles. The lowest BCUT2D eigenvalue weighted by Gasteiger charge is -2.31. The molecule has 4 rings (SSSR count). The van der Waals surface area contributed by atoms with Gasteiger partial charge in [-0.25, -0.2) is 9.97 Å². The van der Waals surface area contributed by atoms with E-state index in [9.17, 15) is 10.1 Å². The van der Waals surface area contributed by atoms with Crippen LogP contribution in [0.15, 0.2) is 16.6 Å². The fourth-order valence-electron chi connectivity index (χ4n) is 3.71. The van der Waals surface area contributed by atoms with Gasteiger partial charge in [-0.2, -0.15) is 5.26 Å². The summed E-state index contributed by atoms with van der Waals surface area (Å²) in [6, 6.07) is 2.36. The van der Waals surface area contributed by atoms with Gasteiger partial charge in [0.1, 0.15) is 16.9 Å². The van der Waals surface area contributed by atoms with Crippen LogP contribution in [0, 0.1) is 11.3 Å². The van der Waals surface area contributed by atoms with Crippen molar-refractivity contribution in [3.05, 3.63) is 28.3 Å². The smallest absolute Gasteiger partial charge is 0.236 e. The van der Waals surface area contributed by atoms with E-state index in [2.05, 4.69) is 33.2 Å². The molecule has 146 valence electrons. The standard InChI is InChI=1S/C19H22N6OS2/c1-24-8-4-13-14(10-20)18(28-12-16(26)22-19-21-5-9-27-19)23-17(15(13)11-24)25-6-2-3-7-25/h5,9H,2-4,6-8,11-12H2,1H3,(H,21,22,26). The Bertz CT molecular complexity index is 902. The molecule has 9 heteroatoms. The highest BCUT2D eigenvalue weighted by molar-refractivity contribution is 8.00. The van der Waals surface area contributed by atoms with Gasteiger partial charge in [0, 0.05) is 43.3 Å². The van der Waals surface area contributed by atoms with E-state index in [1.807, 2.05) is 5.38 Å². The molecule has 0 aliphatic carbocycles. The minimum Gasteiger partial charge on any atom is -0.356 e. The number of rotatable bonds is 5. The average Bonchev–Trinajstić information content (AvgIpc) is 3.39. The molecule has 2 aromatic rings. The van der Waals surface area contributed by atoms with Crippen LogP contribution in [0.25, 0.3) is 0 Å². The number of nitrogens with zero attached hydrogens (tertiary/aromatic N) is 5. The summed E-state index contributed by atoms with van der Waals surface area (Å²) in [5.74, 6) is 1.08. The first kappa shape index (κ1) is 19.2. The number of nitrogens with one attached hydrogen (secondary N) is 1. The van der Waals surface area contributed by atoms with E-state index in [4.69, 9.17) is 4.98 Å². The maximum absolute atomic E-state index is 12.3. The number of fused-ring (bicyclic) bond motifs is 1. The molecule has 1 amide bonds. The number of aromatic nitrogens is 2. The first-order valence-corrected chi connectivity index (χ1v) is 11.2. The summed E-state index contributed by atoms with van der Waals surface area (Å²) in [5, 5.41) is 15.7. The summed E-state index contributed by atoms with van der Waals surface area (Å²) in [6.45, 7) is 3.76. The monoisotopic (exact) mass is 414 g/mol. The molecule has 7 nitrogen and oxygen atoms in total. The summed E-state index contributed by atoms with van der Waals surface area (Å²) < 4.78 is 0. The minimum absolute atomic E-state index is 0.134. The predicted molar refractivity (Wildman–Crippen MR) is 112 cm³/mol. The lowest BCUT2D eigenvalue weighted by molar-refractivity contribution is -0.113. The van der Waals surface area contributed by atoms with Crippen molar-refractivity contribution in [1.29, 1.82) is 5.26 Å². The van der Waals surface area contributed by atoms with Crippen molar-refractivity contribution in [1.82, 2.24) is 14.9 Å². The van der Waals surface area contributed by atoms with Crippen LogP contribution in [-0.4, -0.2) is 53.2 Å². The highest BCUT2D eigenvalue weighted by Crippen LogP contribution is 2.36. The molecule has 1 fully saturated rings. The van der Waals surface area contributed by atoms with Crippen molar-refractivity contribution >= 4 is 40.0 Å². The predicted octanol–water partition coefficient (Wildman–Crippen LogP) is 2.73. The van der Waals surface area contributed by atoms with Gasteiger partial charge < -0.3 is 15.1 Å². The highest BCUT2D eigenvalue weighted by Gasteiger charge is 2.28. The SMILES string of the molecule is CN1CCc2c(C#N)c(SCC(=O)Nc3nccs3)nc(N3CCCC3)c2C1. The normalized spacial score (nSPS) is 16.6. The topological polar surface area (TPSA) is 85.2 Å². The van der Waals surface area contributed by atoms with Gasteiger partial charge >= 0.3 is 0 Å². The number of pyridine rings is 1. The van der Waals surface area contributed by atoms with Crippen molar-refractivity contribution in [3.63, 3.8) is 0 Å². The van der Waals surface area contributed by atoms with Crippen LogP contribution >= 0.6 is 23.1 Å². The number of likely N-dealkylation sites (N-methyl/N-ethyl adjacent to an activating group) is 1. The molecule has 0 atom stereocenters. The number of carbonyl (C=O) groups excluding carboxylic acids is 1. The number of anilines is 2. The molecule has 0 bridgehead atoms. The number of hydrogen-bond donors (Lipinski definition) is 1. The fraction of sp³-hybridized carbons (Fsp3) is 0.474. The van der Waals surface area contributed by atoms with Crippen LogP contribution in [0.4, 0.5) is 10.9 Å². The molecule has 2 aliphatic heterocycles. The van der Waals surface area contributed by atoms with Crippen molar-refractivity contribution in [2.75, 3.05) is 42.7 Å². The first-order chi connectivity index (χ1) is 13.7. The van der Waals surface area contributed by atoms with Crippen LogP contribution in [0.5, 0.6) is 0 Å². The minimum atomic E-state index is -0.134. The molecule has 0 unspecified atom stereocenters. The van der Waals surface area contributed by atoms with Crippen LogP contribution in [0.3, 0.4) is 0 Å². The molecule has 0 saturated carbocycles. The second-order valence-electron chi connectivity index (χ2n) is 7.04. The van der Waals surface area contributed by atoms with Crippen LogP contribution in [0.2, 0.25) is 0 Å². The van der Waals surface area contributed by atoms with E-state index >= 15 is 0 Å². The van der Waals surface area contributed by atoms with Gasteiger partial charge in [0.05, 0.1) is 11.3 Å². The Kier molecular flexibility index (Phi) is 5.80. The summed E-state index contributed by atoms with van der Waals surface area (Å²) in [7, 11) is 2.11. The van der Waals surface area contributed by atoms with Crippen molar-refractivity contribution in [2.24, 2.45) is 0 Å². The van der Waals surface area contributed by atoms with E-state index in [0.717, 1.165) is 44.0 Å². The third-order valence-corrected chi connectivity index (χ3v) is 6.73. The van der Waals surface area contributed by atoms with Gasteiger partial charge in [-0.15, -0.1) is 11.3 Å². The molecule has 4 heterocycles. The Morgan fingerprint density at radius 3 is 2.89 bits per heavy atom. The average molecular weight is 415 g/mol. The number of carbonyl (C=O) groups is 1. The largest absolute Gasteiger partial charge is 0.356 e. The maximum atomic E-state index is 12.3. The third kappa shape index (κ3) is 3.99. The van der Waals surface area contributed by atoms with Gasteiger partial charge in [-0.05, 0) is 31.9 Å². The Morgan fingerprint density at radius 1 is 1.36 bits per heavy atom. The maximum Gasteiger partial charge on any atom is 0.236 e. The molecule has 0 spiro atoms. The van der Waals surface area contributed by atoms with Crippen molar-refractivity contribution < 1.29 is 4.79 Å². The summed E-state index contributed by atoms with van der Waals surface area (Å²) in [6.07, 6.45) is 4.85. The van der Waals surface area contributed by atoms with E-state index in [1.54, 1.807) is 6.20 Å². The third-order valence-electron chi connectivity index (χ3n) is 5.06. The number of amides is 1. The zero-order valence-corrected chi connectivity index (χ0v) is 17.4. The van der Waals surface area contributed by atoms with E-state index in [-0.39, 0.29) is 11.7 Å². The van der Waals surface area contributed by atoms with E-state index in [0.29, 0.717) is 15.7 Å². The fourth-order valence-corrected chi connectivity index (χ4v) is 5.06. The lowest BCUT2D eigenvalue weighted by atomic mass is 9.96. The number of nitriles is 1. The van der Waals surface area contributed by atoms with Gasteiger partial charge in [0.15, 0.2) is 5.13 Å². The molecular formula is C19H22N6OS2. The molecule has 0 radical (unpaired) electrons. The zero-order valence-electron chi connectivity index (χ0n) is 15.8. The van der Waals surface area contributed by atoms with E-state index in [1.165, 1.54) is 41.5 Å².